The smallest absolute Gasteiger partial charge is 0.406 e. The van der Waals surface area contributed by atoms with Crippen LogP contribution < -0.4 is 10.4 Å². The van der Waals surface area contributed by atoms with Gasteiger partial charge >= 0.3 is 12.1 Å². The van der Waals surface area contributed by atoms with Gasteiger partial charge in [-0.3, -0.25) is 4.98 Å². The van der Waals surface area contributed by atoms with Crippen molar-refractivity contribution in [2.75, 3.05) is 0 Å². The van der Waals surface area contributed by atoms with Crippen LogP contribution >= 0.6 is 0 Å². The number of hydrogen-bond acceptors (Lipinski definition) is 4. The molecule has 0 saturated heterocycles. The second kappa shape index (κ2) is 7.66. The lowest BCUT2D eigenvalue weighted by molar-refractivity contribution is -0.274. The van der Waals surface area contributed by atoms with Gasteiger partial charge in [-0.15, -0.1) is 18.3 Å². The molecule has 154 valence electrons. The van der Waals surface area contributed by atoms with Crippen molar-refractivity contribution in [3.05, 3.63) is 82.7 Å². The van der Waals surface area contributed by atoms with Crippen molar-refractivity contribution < 1.29 is 17.9 Å². The first-order valence-corrected chi connectivity index (χ1v) is 9.16. The first-order chi connectivity index (χ1) is 14.3. The second-order valence-corrected chi connectivity index (χ2v) is 6.74. The molecule has 0 radical (unpaired) electrons. The van der Waals surface area contributed by atoms with Gasteiger partial charge in [-0.05, 0) is 54.4 Å². The van der Waals surface area contributed by atoms with E-state index in [1.807, 2.05) is 25.1 Å². The van der Waals surface area contributed by atoms with Crippen molar-refractivity contribution in [2.45, 2.75) is 26.3 Å². The fourth-order valence-corrected chi connectivity index (χ4v) is 3.14. The van der Waals surface area contributed by atoms with Crippen molar-refractivity contribution in [1.29, 1.82) is 0 Å². The number of aromatic nitrogens is 4. The molecule has 0 fully saturated rings. The van der Waals surface area contributed by atoms with E-state index in [0.29, 0.717) is 29.7 Å². The van der Waals surface area contributed by atoms with Crippen LogP contribution in [0.25, 0.3) is 16.8 Å². The lowest BCUT2D eigenvalue weighted by atomic mass is 10.1. The molecule has 30 heavy (non-hydrogen) atoms. The highest BCUT2D eigenvalue weighted by Crippen LogP contribution is 2.26. The van der Waals surface area contributed by atoms with Gasteiger partial charge in [-0.1, -0.05) is 18.2 Å². The zero-order valence-electron chi connectivity index (χ0n) is 15.9. The third-order valence-electron chi connectivity index (χ3n) is 4.52. The summed E-state index contributed by atoms with van der Waals surface area (Å²) >= 11 is 0. The number of aryl methyl sites for hydroxylation is 3. The van der Waals surface area contributed by atoms with Crippen LogP contribution in [0.4, 0.5) is 13.2 Å². The Morgan fingerprint density at radius 2 is 1.73 bits per heavy atom. The van der Waals surface area contributed by atoms with Crippen LogP contribution in [0.1, 0.15) is 11.4 Å². The molecule has 0 spiro atoms. The van der Waals surface area contributed by atoms with E-state index in [4.69, 9.17) is 0 Å². The number of hydrogen-bond donors (Lipinski definition) is 0. The van der Waals surface area contributed by atoms with Gasteiger partial charge in [0.1, 0.15) is 5.75 Å². The van der Waals surface area contributed by atoms with Crippen molar-refractivity contribution >= 4 is 5.65 Å². The molecule has 3 aromatic heterocycles. The van der Waals surface area contributed by atoms with Crippen molar-refractivity contribution in [3.63, 3.8) is 0 Å². The summed E-state index contributed by atoms with van der Waals surface area (Å²) in [5.74, 6) is -0.304. The molecule has 0 aliphatic heterocycles. The molecule has 3 heterocycles. The molecule has 0 aliphatic rings. The van der Waals surface area contributed by atoms with Crippen LogP contribution in [0.5, 0.6) is 5.75 Å². The van der Waals surface area contributed by atoms with E-state index >= 15 is 0 Å². The standard InChI is InChI=1S/C21H17F3N4O2/c1-14-3-2-4-17(25-14)11-12-28-20(29)27-13-16(7-10-19(27)26-28)15-5-8-18(9-6-15)30-21(22,23)24/h2-10,13H,11-12H2,1H3. The Bertz CT molecular complexity index is 1240. The van der Waals surface area contributed by atoms with Crippen LogP contribution in [-0.4, -0.2) is 25.5 Å². The minimum Gasteiger partial charge on any atom is -0.406 e. The summed E-state index contributed by atoms with van der Waals surface area (Å²) in [7, 11) is 0. The molecule has 4 rings (SSSR count). The van der Waals surface area contributed by atoms with Crippen molar-refractivity contribution in [3.8, 4) is 16.9 Å². The Morgan fingerprint density at radius 3 is 2.43 bits per heavy atom. The Labute approximate surface area is 169 Å². The van der Waals surface area contributed by atoms with Crippen molar-refractivity contribution in [1.82, 2.24) is 19.2 Å². The van der Waals surface area contributed by atoms with Crippen LogP contribution in [-0.2, 0) is 13.0 Å². The molecule has 9 heteroatoms. The number of nitrogens with zero attached hydrogens (tertiary/aromatic N) is 4. The van der Waals surface area contributed by atoms with Gasteiger partial charge in [0.2, 0.25) is 0 Å². The monoisotopic (exact) mass is 414 g/mol. The molecule has 4 aromatic rings. The predicted molar refractivity (Wildman–Crippen MR) is 104 cm³/mol. The van der Waals surface area contributed by atoms with E-state index < -0.39 is 6.36 Å². The molecule has 0 atom stereocenters. The van der Waals surface area contributed by atoms with Gasteiger partial charge in [-0.2, -0.15) is 0 Å². The maximum absolute atomic E-state index is 12.7. The molecule has 0 unspecified atom stereocenters. The number of alkyl halides is 3. The maximum atomic E-state index is 12.7. The summed E-state index contributed by atoms with van der Waals surface area (Å²) in [4.78, 5) is 17.1. The molecule has 0 aliphatic carbocycles. The molecule has 0 amide bonds. The highest BCUT2D eigenvalue weighted by atomic mass is 19.4. The minimum atomic E-state index is -4.74. The maximum Gasteiger partial charge on any atom is 0.573 e. The zero-order valence-corrected chi connectivity index (χ0v) is 15.9. The van der Waals surface area contributed by atoms with E-state index in [1.54, 1.807) is 18.3 Å². The van der Waals surface area contributed by atoms with Crippen LogP contribution in [0.15, 0.2) is 65.6 Å². The number of ether oxygens (including phenoxy) is 1. The number of benzene rings is 1. The molecule has 0 saturated carbocycles. The van der Waals surface area contributed by atoms with Crippen LogP contribution in [0, 0.1) is 6.92 Å². The SMILES string of the molecule is Cc1cccc(CCn2nc3ccc(-c4ccc(OC(F)(F)F)cc4)cn3c2=O)n1. The summed E-state index contributed by atoms with van der Waals surface area (Å²) in [6.07, 6.45) is -2.55. The molecule has 1 aromatic carbocycles. The summed E-state index contributed by atoms with van der Waals surface area (Å²) in [6.45, 7) is 2.29. The van der Waals surface area contributed by atoms with Crippen LogP contribution in [0.2, 0.25) is 0 Å². The first-order valence-electron chi connectivity index (χ1n) is 9.16. The normalized spacial score (nSPS) is 11.7. The lowest BCUT2D eigenvalue weighted by Crippen LogP contribution is -2.22. The number of fused-ring (bicyclic) bond motifs is 1. The molecule has 6 nitrogen and oxygen atoms in total. The average Bonchev–Trinajstić information content (AvgIpc) is 3.01. The fraction of sp³-hybridized carbons (Fsp3) is 0.190. The van der Waals surface area contributed by atoms with E-state index in [0.717, 1.165) is 11.4 Å². The predicted octanol–water partition coefficient (Wildman–Crippen LogP) is 4.01. The van der Waals surface area contributed by atoms with Gasteiger partial charge in [-0.25, -0.2) is 13.9 Å². The minimum absolute atomic E-state index is 0.295. The Morgan fingerprint density at radius 1 is 1.00 bits per heavy atom. The molecular formula is C21H17F3N4O2. The van der Waals surface area contributed by atoms with Crippen molar-refractivity contribution in [2.24, 2.45) is 0 Å². The zero-order chi connectivity index (χ0) is 21.3. The molecular weight excluding hydrogens is 397 g/mol. The fourth-order valence-electron chi connectivity index (χ4n) is 3.14. The van der Waals surface area contributed by atoms with Gasteiger partial charge in [0.05, 0.1) is 6.54 Å². The lowest BCUT2D eigenvalue weighted by Gasteiger charge is -2.09. The third kappa shape index (κ3) is 4.35. The van der Waals surface area contributed by atoms with Gasteiger partial charge < -0.3 is 4.74 Å². The second-order valence-electron chi connectivity index (χ2n) is 6.74. The average molecular weight is 414 g/mol. The van der Waals surface area contributed by atoms with E-state index in [1.165, 1.54) is 33.3 Å². The quantitative estimate of drug-likeness (QED) is 0.495. The number of rotatable bonds is 5. The van der Waals surface area contributed by atoms with E-state index in [-0.39, 0.29) is 11.4 Å². The number of halogens is 3. The highest BCUT2D eigenvalue weighted by molar-refractivity contribution is 5.65. The van der Waals surface area contributed by atoms with E-state index in [9.17, 15) is 18.0 Å². The molecule has 0 N–H and O–H groups in total. The topological polar surface area (TPSA) is 61.4 Å². The van der Waals surface area contributed by atoms with Gasteiger partial charge in [0.15, 0.2) is 5.65 Å². The third-order valence-corrected chi connectivity index (χ3v) is 4.52. The first kappa shape index (κ1) is 19.7. The highest BCUT2D eigenvalue weighted by Gasteiger charge is 2.30. The molecule has 0 bridgehead atoms. The largest absolute Gasteiger partial charge is 0.573 e. The summed E-state index contributed by atoms with van der Waals surface area (Å²) in [5, 5.41) is 4.33. The van der Waals surface area contributed by atoms with Gasteiger partial charge in [0.25, 0.3) is 0 Å². The Hall–Kier alpha value is -3.62. The van der Waals surface area contributed by atoms with E-state index in [2.05, 4.69) is 14.8 Å². The summed E-state index contributed by atoms with van der Waals surface area (Å²) < 4.78 is 43.6. The number of pyridine rings is 2. The summed E-state index contributed by atoms with van der Waals surface area (Å²) in [6, 6.07) is 14.6. The Balaban J connectivity index is 1.57. The Kier molecular flexibility index (Phi) is 5.03. The summed E-state index contributed by atoms with van der Waals surface area (Å²) in [5.41, 5.74) is 3.29. The van der Waals surface area contributed by atoms with Crippen LogP contribution in [0.3, 0.4) is 0 Å². The van der Waals surface area contributed by atoms with Gasteiger partial charge in [0, 0.05) is 24.0 Å².